The molecule has 0 heterocycles. The van der Waals surface area contributed by atoms with Crippen molar-refractivity contribution < 1.29 is 0 Å². The Labute approximate surface area is 142 Å². The highest BCUT2D eigenvalue weighted by molar-refractivity contribution is 5.02. The third kappa shape index (κ3) is 27.8. The van der Waals surface area contributed by atoms with Crippen molar-refractivity contribution in [1.82, 2.24) is 0 Å². The van der Waals surface area contributed by atoms with Crippen LogP contribution in [-0.4, -0.2) is 0 Å². The molecule has 0 amide bonds. The molecule has 0 bridgehead atoms. The van der Waals surface area contributed by atoms with Gasteiger partial charge in [-0.05, 0) is 25.7 Å². The van der Waals surface area contributed by atoms with Crippen LogP contribution in [0.25, 0.3) is 0 Å². The first-order valence-corrected chi connectivity index (χ1v) is 10.1. The summed E-state index contributed by atoms with van der Waals surface area (Å²) in [7, 11) is 0. The molecule has 0 aliphatic heterocycles. The molecule has 0 saturated heterocycles. The molecule has 0 heteroatoms. The zero-order valence-corrected chi connectivity index (χ0v) is 16.2. The Balaban J connectivity index is 0. The van der Waals surface area contributed by atoms with Crippen LogP contribution in [0.3, 0.4) is 0 Å². The Morgan fingerprint density at radius 2 is 0.773 bits per heavy atom. The van der Waals surface area contributed by atoms with Gasteiger partial charge in [0, 0.05) is 0 Å². The van der Waals surface area contributed by atoms with Crippen LogP contribution >= 0.6 is 0 Å². The van der Waals surface area contributed by atoms with E-state index in [-0.39, 0.29) is 0 Å². The molecule has 0 saturated carbocycles. The Kier molecular flexibility index (Phi) is 27.4. The zero-order chi connectivity index (χ0) is 16.7. The molecule has 0 aromatic carbocycles. The summed E-state index contributed by atoms with van der Waals surface area (Å²) in [6.07, 6.45) is 28.2. The summed E-state index contributed by atoms with van der Waals surface area (Å²) < 4.78 is 0. The summed E-state index contributed by atoms with van der Waals surface area (Å²) in [5, 5.41) is 0. The maximum Gasteiger partial charge on any atom is -0.0348 e. The molecule has 0 nitrogen and oxygen atoms in total. The number of allylic oxidation sites excluding steroid dienone is 4. The fraction of sp³-hybridized carbons (Fsp3) is 0.818. The van der Waals surface area contributed by atoms with Crippen LogP contribution < -0.4 is 0 Å². The normalized spacial score (nSPS) is 11.1. The van der Waals surface area contributed by atoms with Crippen LogP contribution in [0, 0.1) is 0 Å². The van der Waals surface area contributed by atoms with Gasteiger partial charge in [0.05, 0.1) is 0 Å². The third-order valence-corrected chi connectivity index (χ3v) is 3.58. The minimum absolute atomic E-state index is 1.25. The third-order valence-electron chi connectivity index (χ3n) is 3.58. The Morgan fingerprint density at radius 1 is 0.455 bits per heavy atom. The van der Waals surface area contributed by atoms with Crippen molar-refractivity contribution in [3.8, 4) is 0 Å². The van der Waals surface area contributed by atoms with E-state index in [0.29, 0.717) is 0 Å². The van der Waals surface area contributed by atoms with Gasteiger partial charge in [-0.15, -0.1) is 0 Å². The fourth-order valence-corrected chi connectivity index (χ4v) is 2.26. The predicted molar refractivity (Wildman–Crippen MR) is 106 cm³/mol. The topological polar surface area (TPSA) is 0 Å². The maximum atomic E-state index is 2.33. The summed E-state index contributed by atoms with van der Waals surface area (Å²) in [6, 6.07) is 0. The largest absolute Gasteiger partial charge is 0.0845 e. The Bertz CT molecular complexity index is 212. The SMILES string of the molecule is CCC.CCCCCC/C=C/C=C\CCCCCCCCC. The summed E-state index contributed by atoms with van der Waals surface area (Å²) in [5.41, 5.74) is 0. The van der Waals surface area contributed by atoms with Gasteiger partial charge >= 0.3 is 0 Å². The lowest BCUT2D eigenvalue weighted by atomic mass is 10.1. The van der Waals surface area contributed by atoms with Crippen molar-refractivity contribution in [2.45, 2.75) is 118 Å². The molecule has 0 aromatic heterocycles. The first-order valence-electron chi connectivity index (χ1n) is 10.1. The van der Waals surface area contributed by atoms with Crippen molar-refractivity contribution >= 4 is 0 Å². The van der Waals surface area contributed by atoms with E-state index in [1.807, 2.05) is 0 Å². The van der Waals surface area contributed by atoms with Crippen molar-refractivity contribution in [2.75, 3.05) is 0 Å². The van der Waals surface area contributed by atoms with Crippen LogP contribution in [0.5, 0.6) is 0 Å². The molecule has 0 aliphatic carbocycles. The van der Waals surface area contributed by atoms with Gasteiger partial charge in [-0.2, -0.15) is 0 Å². The Morgan fingerprint density at radius 3 is 1.18 bits per heavy atom. The van der Waals surface area contributed by atoms with E-state index in [1.165, 1.54) is 89.9 Å². The van der Waals surface area contributed by atoms with E-state index < -0.39 is 0 Å². The van der Waals surface area contributed by atoms with Gasteiger partial charge in [0.25, 0.3) is 0 Å². The van der Waals surface area contributed by atoms with Crippen LogP contribution in [-0.2, 0) is 0 Å². The number of hydrogen-bond donors (Lipinski definition) is 0. The average Bonchev–Trinajstić information content (AvgIpc) is 2.52. The smallest absolute Gasteiger partial charge is 0.0348 e. The molecule has 0 atom stereocenters. The highest BCUT2D eigenvalue weighted by Gasteiger charge is 1.89. The number of rotatable bonds is 14. The van der Waals surface area contributed by atoms with Gasteiger partial charge in [0.1, 0.15) is 0 Å². The second-order valence-electron chi connectivity index (χ2n) is 6.32. The second-order valence-corrected chi connectivity index (χ2v) is 6.32. The fourth-order valence-electron chi connectivity index (χ4n) is 2.26. The van der Waals surface area contributed by atoms with Crippen LogP contribution in [0.2, 0.25) is 0 Å². The van der Waals surface area contributed by atoms with Gasteiger partial charge in [-0.3, -0.25) is 0 Å². The second kappa shape index (κ2) is 25.4. The molecular weight excluding hydrogens is 264 g/mol. The van der Waals surface area contributed by atoms with Crippen molar-refractivity contribution in [2.24, 2.45) is 0 Å². The molecule has 0 spiro atoms. The molecular formula is C22H44. The lowest BCUT2D eigenvalue weighted by Gasteiger charge is -1.98. The van der Waals surface area contributed by atoms with Crippen molar-refractivity contribution in [3.63, 3.8) is 0 Å². The first-order chi connectivity index (χ1) is 10.8. The monoisotopic (exact) mass is 308 g/mol. The van der Waals surface area contributed by atoms with Gasteiger partial charge in [-0.25, -0.2) is 0 Å². The number of unbranched alkanes of at least 4 members (excludes halogenated alkanes) is 11. The minimum atomic E-state index is 1.25. The molecule has 0 aliphatic rings. The minimum Gasteiger partial charge on any atom is -0.0845 e. The molecule has 0 radical (unpaired) electrons. The van der Waals surface area contributed by atoms with Gasteiger partial charge in [0.15, 0.2) is 0 Å². The summed E-state index contributed by atoms with van der Waals surface area (Å²) >= 11 is 0. The zero-order valence-electron chi connectivity index (χ0n) is 16.2. The molecule has 0 unspecified atom stereocenters. The van der Waals surface area contributed by atoms with Crippen LogP contribution in [0.1, 0.15) is 118 Å². The van der Waals surface area contributed by atoms with E-state index >= 15 is 0 Å². The van der Waals surface area contributed by atoms with Gasteiger partial charge in [0.2, 0.25) is 0 Å². The van der Waals surface area contributed by atoms with E-state index in [2.05, 4.69) is 52.0 Å². The van der Waals surface area contributed by atoms with E-state index in [1.54, 1.807) is 0 Å². The molecule has 0 fully saturated rings. The summed E-state index contributed by atoms with van der Waals surface area (Å²) in [4.78, 5) is 0. The molecule has 132 valence electrons. The highest BCUT2D eigenvalue weighted by atomic mass is 13.9. The molecule has 0 aromatic rings. The van der Waals surface area contributed by atoms with E-state index in [9.17, 15) is 0 Å². The maximum absolute atomic E-state index is 2.33. The lowest BCUT2D eigenvalue weighted by molar-refractivity contribution is 0.592. The Hall–Kier alpha value is -0.520. The predicted octanol–water partition coefficient (Wildman–Crippen LogP) is 8.63. The lowest BCUT2D eigenvalue weighted by Crippen LogP contribution is -1.78. The molecule has 0 rings (SSSR count). The standard InChI is InChI=1S/C19H36.C3H8/c1-3-5-7-9-11-13-15-17-19-18-16-14-12-10-8-6-4-2;1-3-2/h13,15,17,19H,3-12,14,16,18H2,1-2H3;3H2,1-2H3/b15-13+,19-17-;. The molecule has 0 N–H and O–H groups in total. The average molecular weight is 309 g/mol. The van der Waals surface area contributed by atoms with Crippen molar-refractivity contribution in [3.05, 3.63) is 24.3 Å². The highest BCUT2D eigenvalue weighted by Crippen LogP contribution is 2.08. The van der Waals surface area contributed by atoms with Crippen LogP contribution in [0.15, 0.2) is 24.3 Å². The van der Waals surface area contributed by atoms with Crippen LogP contribution in [0.4, 0.5) is 0 Å². The number of hydrogen-bond acceptors (Lipinski definition) is 0. The van der Waals surface area contributed by atoms with E-state index in [4.69, 9.17) is 0 Å². The van der Waals surface area contributed by atoms with Crippen molar-refractivity contribution in [1.29, 1.82) is 0 Å². The van der Waals surface area contributed by atoms with E-state index in [0.717, 1.165) is 0 Å². The quantitative estimate of drug-likeness (QED) is 0.222. The summed E-state index contributed by atoms with van der Waals surface area (Å²) in [5.74, 6) is 0. The van der Waals surface area contributed by atoms with Gasteiger partial charge in [-0.1, -0.05) is 116 Å². The first kappa shape index (κ1) is 23.7. The summed E-state index contributed by atoms with van der Waals surface area (Å²) in [6.45, 7) is 8.80. The van der Waals surface area contributed by atoms with Gasteiger partial charge < -0.3 is 0 Å². The molecule has 22 heavy (non-hydrogen) atoms.